The number of nitrogens with zero attached hydrogens (tertiary/aromatic N) is 3. The molecule has 1 aromatic carbocycles. The largest absolute Gasteiger partial charge is 0.490 e. The first kappa shape index (κ1) is 24.3. The highest BCUT2D eigenvalue weighted by molar-refractivity contribution is 7.20. The van der Waals surface area contributed by atoms with Crippen LogP contribution >= 0.6 is 11.3 Å². The zero-order chi connectivity index (χ0) is 24.1. The SMILES string of the molecule is CCOc1ccc(CCNC(=O)c2sc3nc(C)nc(N4CCCCC4)c3c2C)cc1OCC. The Balaban J connectivity index is 1.48. The van der Waals surface area contributed by atoms with Crippen LogP contribution in [0.2, 0.25) is 0 Å². The minimum atomic E-state index is -0.0567. The van der Waals surface area contributed by atoms with E-state index in [4.69, 9.17) is 14.5 Å². The molecule has 1 N–H and O–H groups in total. The molecule has 1 aliphatic rings. The molecule has 0 saturated carbocycles. The summed E-state index contributed by atoms with van der Waals surface area (Å²) in [7, 11) is 0. The predicted molar refractivity (Wildman–Crippen MR) is 138 cm³/mol. The van der Waals surface area contributed by atoms with E-state index in [9.17, 15) is 4.79 Å². The van der Waals surface area contributed by atoms with Crippen molar-refractivity contribution in [2.75, 3.05) is 37.7 Å². The van der Waals surface area contributed by atoms with Gasteiger partial charge in [-0.3, -0.25) is 4.79 Å². The van der Waals surface area contributed by atoms with E-state index in [1.165, 1.54) is 30.6 Å². The Morgan fingerprint density at radius 1 is 1.06 bits per heavy atom. The fraction of sp³-hybridized carbons (Fsp3) is 0.500. The van der Waals surface area contributed by atoms with Gasteiger partial charge in [0.05, 0.1) is 23.5 Å². The Morgan fingerprint density at radius 3 is 2.53 bits per heavy atom. The second-order valence-corrected chi connectivity index (χ2v) is 9.53. The molecule has 0 atom stereocenters. The van der Waals surface area contributed by atoms with Crippen LogP contribution in [-0.4, -0.2) is 48.7 Å². The summed E-state index contributed by atoms with van der Waals surface area (Å²) in [5.41, 5.74) is 2.06. The molecular formula is C26H34N4O3S. The number of rotatable bonds is 9. The number of piperidine rings is 1. The van der Waals surface area contributed by atoms with Gasteiger partial charge in [-0.1, -0.05) is 6.07 Å². The van der Waals surface area contributed by atoms with Gasteiger partial charge in [0.25, 0.3) is 5.91 Å². The number of ether oxygens (including phenoxy) is 2. The topological polar surface area (TPSA) is 76.6 Å². The van der Waals surface area contributed by atoms with E-state index in [0.29, 0.717) is 26.2 Å². The normalized spacial score (nSPS) is 13.8. The van der Waals surface area contributed by atoms with E-state index < -0.39 is 0 Å². The maximum atomic E-state index is 13.1. The van der Waals surface area contributed by atoms with Crippen LogP contribution in [0.1, 0.15) is 59.7 Å². The van der Waals surface area contributed by atoms with E-state index in [0.717, 1.165) is 62.5 Å². The Hall–Kier alpha value is -2.87. The number of fused-ring (bicyclic) bond motifs is 1. The van der Waals surface area contributed by atoms with E-state index >= 15 is 0 Å². The summed E-state index contributed by atoms with van der Waals surface area (Å²) >= 11 is 1.46. The molecule has 2 aromatic heterocycles. The van der Waals surface area contributed by atoms with Crippen molar-refractivity contribution in [3.05, 3.63) is 40.0 Å². The van der Waals surface area contributed by atoms with Crippen LogP contribution in [0.4, 0.5) is 5.82 Å². The third-order valence-electron chi connectivity index (χ3n) is 6.05. The lowest BCUT2D eigenvalue weighted by atomic mass is 10.1. The fourth-order valence-corrected chi connectivity index (χ4v) is 5.56. The Morgan fingerprint density at radius 2 is 1.79 bits per heavy atom. The second-order valence-electron chi connectivity index (χ2n) is 8.53. The maximum Gasteiger partial charge on any atom is 0.261 e. The first-order chi connectivity index (χ1) is 16.5. The van der Waals surface area contributed by atoms with E-state index in [1.807, 2.05) is 45.9 Å². The lowest BCUT2D eigenvalue weighted by Crippen LogP contribution is -2.30. The van der Waals surface area contributed by atoms with Crippen LogP contribution in [0.25, 0.3) is 10.2 Å². The van der Waals surface area contributed by atoms with E-state index in [2.05, 4.69) is 15.2 Å². The van der Waals surface area contributed by atoms with Gasteiger partial charge in [0.1, 0.15) is 16.5 Å². The highest BCUT2D eigenvalue weighted by Crippen LogP contribution is 2.36. The summed E-state index contributed by atoms with van der Waals surface area (Å²) < 4.78 is 11.4. The number of carbonyl (C=O) groups is 1. The number of anilines is 1. The molecule has 8 heteroatoms. The molecule has 1 amide bonds. The lowest BCUT2D eigenvalue weighted by Gasteiger charge is -2.28. The molecule has 1 fully saturated rings. The number of aromatic nitrogens is 2. The number of nitrogens with one attached hydrogen (secondary N) is 1. The predicted octanol–water partition coefficient (Wildman–Crippen LogP) is 5.07. The molecule has 0 bridgehead atoms. The summed E-state index contributed by atoms with van der Waals surface area (Å²) in [4.78, 5) is 26.5. The Bertz CT molecular complexity index is 1150. The van der Waals surface area contributed by atoms with Crippen molar-refractivity contribution in [1.82, 2.24) is 15.3 Å². The third kappa shape index (κ3) is 5.27. The molecule has 3 heterocycles. The molecule has 0 aliphatic carbocycles. The molecule has 3 aromatic rings. The molecule has 0 radical (unpaired) electrons. The Kier molecular flexibility index (Phi) is 7.88. The molecular weight excluding hydrogens is 448 g/mol. The first-order valence-corrected chi connectivity index (χ1v) is 13.0. The van der Waals surface area contributed by atoms with Crippen molar-refractivity contribution in [3.63, 3.8) is 0 Å². The molecule has 0 unspecified atom stereocenters. The fourth-order valence-electron chi connectivity index (χ4n) is 4.42. The van der Waals surface area contributed by atoms with Crippen molar-refractivity contribution < 1.29 is 14.3 Å². The average molecular weight is 483 g/mol. The van der Waals surface area contributed by atoms with Crippen molar-refractivity contribution in [1.29, 1.82) is 0 Å². The van der Waals surface area contributed by atoms with Crippen molar-refractivity contribution in [2.24, 2.45) is 0 Å². The van der Waals surface area contributed by atoms with Crippen molar-refractivity contribution >= 4 is 33.3 Å². The first-order valence-electron chi connectivity index (χ1n) is 12.2. The van der Waals surface area contributed by atoms with Gasteiger partial charge in [0, 0.05) is 19.6 Å². The Labute approximate surface area is 205 Å². The van der Waals surface area contributed by atoms with Gasteiger partial charge in [-0.15, -0.1) is 11.3 Å². The number of carbonyl (C=O) groups excluding carboxylic acids is 1. The second kappa shape index (κ2) is 11.0. The van der Waals surface area contributed by atoms with Crippen LogP contribution in [0.5, 0.6) is 11.5 Å². The van der Waals surface area contributed by atoms with Crippen LogP contribution in [0.15, 0.2) is 18.2 Å². The number of benzene rings is 1. The number of hydrogen-bond donors (Lipinski definition) is 1. The third-order valence-corrected chi connectivity index (χ3v) is 7.24. The standard InChI is InChI=1S/C26H34N4O3S/c1-5-32-20-11-10-19(16-21(20)33-6-2)12-13-27-25(31)23-17(3)22-24(30-14-8-7-9-15-30)28-18(4)29-26(22)34-23/h10-11,16H,5-9,12-15H2,1-4H3,(H,27,31). The van der Waals surface area contributed by atoms with E-state index in [-0.39, 0.29) is 5.91 Å². The minimum absolute atomic E-state index is 0.0567. The number of aryl methyl sites for hydroxylation is 2. The number of hydrogen-bond acceptors (Lipinski definition) is 7. The summed E-state index contributed by atoms with van der Waals surface area (Å²) in [6.07, 6.45) is 4.33. The van der Waals surface area contributed by atoms with Crippen LogP contribution in [0, 0.1) is 13.8 Å². The van der Waals surface area contributed by atoms with Gasteiger partial charge in [0.2, 0.25) is 0 Å². The quantitative estimate of drug-likeness (QED) is 0.459. The zero-order valence-electron chi connectivity index (χ0n) is 20.6. The summed E-state index contributed by atoms with van der Waals surface area (Å²) in [5, 5.41) is 4.12. The molecule has 1 saturated heterocycles. The van der Waals surface area contributed by atoms with Crippen molar-refractivity contribution in [2.45, 2.75) is 53.4 Å². The summed E-state index contributed by atoms with van der Waals surface area (Å²) in [5.74, 6) is 3.17. The minimum Gasteiger partial charge on any atom is -0.490 e. The van der Waals surface area contributed by atoms with Gasteiger partial charge in [-0.2, -0.15) is 0 Å². The van der Waals surface area contributed by atoms with E-state index in [1.54, 1.807) is 0 Å². The van der Waals surface area contributed by atoms with Gasteiger partial charge in [-0.05, 0) is 76.6 Å². The number of thiophene rings is 1. The average Bonchev–Trinajstić information content (AvgIpc) is 3.17. The molecule has 0 spiro atoms. The maximum absolute atomic E-state index is 13.1. The van der Waals surface area contributed by atoms with Crippen LogP contribution < -0.4 is 19.7 Å². The van der Waals surface area contributed by atoms with Crippen molar-refractivity contribution in [3.8, 4) is 11.5 Å². The molecule has 34 heavy (non-hydrogen) atoms. The van der Waals surface area contributed by atoms with Gasteiger partial charge >= 0.3 is 0 Å². The van der Waals surface area contributed by atoms with Gasteiger partial charge < -0.3 is 19.7 Å². The molecule has 1 aliphatic heterocycles. The lowest BCUT2D eigenvalue weighted by molar-refractivity contribution is 0.0957. The highest BCUT2D eigenvalue weighted by Gasteiger charge is 2.23. The van der Waals surface area contributed by atoms with Gasteiger partial charge in [0.15, 0.2) is 11.5 Å². The molecule has 4 rings (SSSR count). The summed E-state index contributed by atoms with van der Waals surface area (Å²) in [6, 6.07) is 5.95. The number of amides is 1. The molecule has 7 nitrogen and oxygen atoms in total. The summed E-state index contributed by atoms with van der Waals surface area (Å²) in [6.45, 7) is 11.6. The monoisotopic (exact) mass is 482 g/mol. The van der Waals surface area contributed by atoms with Crippen LogP contribution in [-0.2, 0) is 6.42 Å². The zero-order valence-corrected chi connectivity index (χ0v) is 21.4. The van der Waals surface area contributed by atoms with Gasteiger partial charge in [-0.25, -0.2) is 9.97 Å². The van der Waals surface area contributed by atoms with Crippen LogP contribution in [0.3, 0.4) is 0 Å². The smallest absolute Gasteiger partial charge is 0.261 e. The highest BCUT2D eigenvalue weighted by atomic mass is 32.1. The molecule has 182 valence electrons.